The Balaban J connectivity index is 2.05. The van der Waals surface area contributed by atoms with Crippen molar-refractivity contribution in [2.24, 2.45) is 0 Å². The Hall–Kier alpha value is -0.970. The van der Waals surface area contributed by atoms with E-state index in [1.54, 1.807) is 0 Å². The fourth-order valence-corrected chi connectivity index (χ4v) is 2.47. The highest BCUT2D eigenvalue weighted by Crippen LogP contribution is 2.40. The number of aliphatic carboxylic acids is 1. The molecule has 1 N–H and O–H groups in total. The first-order valence-electron chi connectivity index (χ1n) is 6.13. The lowest BCUT2D eigenvalue weighted by atomic mass is 10.3. The van der Waals surface area contributed by atoms with Gasteiger partial charge >= 0.3 is 5.97 Å². The molecular weight excluding hydrogens is 236 g/mol. The molecule has 0 aromatic carbocycles. The van der Waals surface area contributed by atoms with Gasteiger partial charge in [0.25, 0.3) is 0 Å². The van der Waals surface area contributed by atoms with Crippen LogP contribution in [-0.2, 0) is 11.3 Å². The normalized spacial score (nSPS) is 15.1. The number of carboxylic acid groups (broad SMARTS) is 1. The standard InChI is InChI=1S/C12H18N2O2S/c1-2-3-6-14-11(17-8-12(15)16)7-10(13-14)9-4-5-9/h7,9H,2-6,8H2,1H3,(H,15,16). The van der Waals surface area contributed by atoms with Gasteiger partial charge in [0.05, 0.1) is 16.5 Å². The highest BCUT2D eigenvalue weighted by molar-refractivity contribution is 7.99. The van der Waals surface area contributed by atoms with Crippen LogP contribution in [0.1, 0.15) is 44.2 Å². The van der Waals surface area contributed by atoms with E-state index < -0.39 is 5.97 Å². The molecule has 1 aromatic heterocycles. The SMILES string of the molecule is CCCCn1nc(C2CC2)cc1SCC(=O)O. The molecule has 2 rings (SSSR count). The van der Waals surface area contributed by atoms with Gasteiger partial charge in [0, 0.05) is 12.5 Å². The summed E-state index contributed by atoms with van der Waals surface area (Å²) < 4.78 is 1.98. The second-order valence-electron chi connectivity index (χ2n) is 4.44. The number of rotatable bonds is 7. The number of hydrogen-bond donors (Lipinski definition) is 1. The van der Waals surface area contributed by atoms with Gasteiger partial charge in [-0.15, -0.1) is 0 Å². The monoisotopic (exact) mass is 254 g/mol. The minimum Gasteiger partial charge on any atom is -0.481 e. The summed E-state index contributed by atoms with van der Waals surface area (Å²) in [6, 6.07) is 2.07. The molecule has 5 heteroatoms. The van der Waals surface area contributed by atoms with Gasteiger partial charge in [-0.05, 0) is 25.3 Å². The second kappa shape index (κ2) is 5.58. The predicted molar refractivity (Wildman–Crippen MR) is 67.5 cm³/mol. The molecule has 1 fully saturated rings. The fourth-order valence-electron chi connectivity index (χ4n) is 1.72. The third-order valence-corrected chi connectivity index (χ3v) is 3.84. The average molecular weight is 254 g/mol. The lowest BCUT2D eigenvalue weighted by Gasteiger charge is -2.04. The van der Waals surface area contributed by atoms with E-state index in [0.29, 0.717) is 5.92 Å². The van der Waals surface area contributed by atoms with Gasteiger partial charge in [0.2, 0.25) is 0 Å². The summed E-state index contributed by atoms with van der Waals surface area (Å²) in [6.07, 6.45) is 4.68. The molecule has 1 saturated carbocycles. The third kappa shape index (κ3) is 3.49. The minimum absolute atomic E-state index is 0.113. The summed E-state index contributed by atoms with van der Waals surface area (Å²) in [5.74, 6) is -0.0321. The van der Waals surface area contributed by atoms with Crippen molar-refractivity contribution >= 4 is 17.7 Å². The van der Waals surface area contributed by atoms with E-state index in [1.807, 2.05) is 4.68 Å². The fraction of sp³-hybridized carbons (Fsp3) is 0.667. The van der Waals surface area contributed by atoms with E-state index in [9.17, 15) is 4.79 Å². The maximum Gasteiger partial charge on any atom is 0.313 e. The van der Waals surface area contributed by atoms with Crippen LogP contribution in [0.3, 0.4) is 0 Å². The van der Waals surface area contributed by atoms with Gasteiger partial charge in [-0.1, -0.05) is 25.1 Å². The Kier molecular flexibility index (Phi) is 4.10. The predicted octanol–water partition coefficient (Wildman–Crippen LogP) is 2.74. The lowest BCUT2D eigenvalue weighted by molar-refractivity contribution is -0.133. The quantitative estimate of drug-likeness (QED) is 0.760. The lowest BCUT2D eigenvalue weighted by Crippen LogP contribution is -2.04. The van der Waals surface area contributed by atoms with E-state index in [4.69, 9.17) is 5.11 Å². The van der Waals surface area contributed by atoms with Crippen molar-refractivity contribution in [1.29, 1.82) is 0 Å². The van der Waals surface area contributed by atoms with Crippen LogP contribution in [0.25, 0.3) is 0 Å². The van der Waals surface area contributed by atoms with Crippen LogP contribution < -0.4 is 0 Å². The Morgan fingerprint density at radius 1 is 1.65 bits per heavy atom. The topological polar surface area (TPSA) is 55.1 Å². The molecule has 1 aliphatic carbocycles. The summed E-state index contributed by atoms with van der Waals surface area (Å²) in [4.78, 5) is 10.6. The summed E-state index contributed by atoms with van der Waals surface area (Å²) >= 11 is 1.37. The number of hydrogen-bond acceptors (Lipinski definition) is 3. The molecule has 17 heavy (non-hydrogen) atoms. The van der Waals surface area contributed by atoms with Crippen molar-refractivity contribution < 1.29 is 9.90 Å². The van der Waals surface area contributed by atoms with Crippen LogP contribution in [0.2, 0.25) is 0 Å². The van der Waals surface area contributed by atoms with Crippen LogP contribution in [0.4, 0.5) is 0 Å². The molecule has 0 radical (unpaired) electrons. The Morgan fingerprint density at radius 3 is 3.00 bits per heavy atom. The van der Waals surface area contributed by atoms with E-state index in [1.165, 1.54) is 24.6 Å². The van der Waals surface area contributed by atoms with Crippen molar-refractivity contribution in [3.05, 3.63) is 11.8 Å². The third-order valence-electron chi connectivity index (χ3n) is 2.82. The largest absolute Gasteiger partial charge is 0.481 e. The number of unbranched alkanes of at least 4 members (excludes halogenated alkanes) is 1. The molecule has 0 amide bonds. The van der Waals surface area contributed by atoms with Gasteiger partial charge in [-0.2, -0.15) is 5.10 Å². The van der Waals surface area contributed by atoms with Crippen LogP contribution >= 0.6 is 11.8 Å². The van der Waals surface area contributed by atoms with Gasteiger partial charge in [-0.3, -0.25) is 9.48 Å². The minimum atomic E-state index is -0.772. The number of carbonyl (C=O) groups is 1. The zero-order chi connectivity index (χ0) is 12.3. The molecule has 0 aliphatic heterocycles. The Morgan fingerprint density at radius 2 is 2.41 bits per heavy atom. The summed E-state index contributed by atoms with van der Waals surface area (Å²) in [5, 5.41) is 14.3. The smallest absolute Gasteiger partial charge is 0.313 e. The molecule has 0 bridgehead atoms. The number of aryl methyl sites for hydroxylation is 1. The van der Waals surface area contributed by atoms with Crippen LogP contribution in [0, 0.1) is 0 Å². The van der Waals surface area contributed by atoms with Gasteiger partial charge in [-0.25, -0.2) is 0 Å². The first-order valence-corrected chi connectivity index (χ1v) is 7.11. The summed E-state index contributed by atoms with van der Waals surface area (Å²) in [6.45, 7) is 3.04. The molecule has 1 heterocycles. The molecule has 94 valence electrons. The highest BCUT2D eigenvalue weighted by atomic mass is 32.2. The van der Waals surface area contributed by atoms with E-state index in [2.05, 4.69) is 18.1 Å². The van der Waals surface area contributed by atoms with Crippen LogP contribution in [-0.4, -0.2) is 26.6 Å². The van der Waals surface area contributed by atoms with Crippen LogP contribution in [0.15, 0.2) is 11.1 Å². The van der Waals surface area contributed by atoms with Crippen molar-refractivity contribution in [2.75, 3.05) is 5.75 Å². The van der Waals surface area contributed by atoms with Gasteiger partial charge in [0.15, 0.2) is 0 Å². The van der Waals surface area contributed by atoms with E-state index in [0.717, 1.165) is 30.1 Å². The zero-order valence-electron chi connectivity index (χ0n) is 10.1. The number of thioether (sulfide) groups is 1. The van der Waals surface area contributed by atoms with Crippen molar-refractivity contribution in [3.8, 4) is 0 Å². The number of aromatic nitrogens is 2. The van der Waals surface area contributed by atoms with Gasteiger partial charge in [0.1, 0.15) is 0 Å². The first kappa shape index (κ1) is 12.5. The molecule has 0 unspecified atom stereocenters. The Bertz CT molecular complexity index is 399. The molecule has 1 aliphatic rings. The number of nitrogens with zero attached hydrogens (tertiary/aromatic N) is 2. The zero-order valence-corrected chi connectivity index (χ0v) is 10.9. The highest BCUT2D eigenvalue weighted by Gasteiger charge is 2.27. The summed E-state index contributed by atoms with van der Waals surface area (Å²) in [7, 11) is 0. The molecular formula is C12H18N2O2S. The van der Waals surface area contributed by atoms with Crippen LogP contribution in [0.5, 0.6) is 0 Å². The first-order chi connectivity index (χ1) is 8.20. The average Bonchev–Trinajstić information content (AvgIpc) is 3.06. The van der Waals surface area contributed by atoms with E-state index >= 15 is 0 Å². The number of carboxylic acids is 1. The second-order valence-corrected chi connectivity index (χ2v) is 5.44. The van der Waals surface area contributed by atoms with Crippen molar-refractivity contribution in [2.45, 2.75) is 50.1 Å². The molecule has 0 spiro atoms. The van der Waals surface area contributed by atoms with Gasteiger partial charge < -0.3 is 5.11 Å². The van der Waals surface area contributed by atoms with Crippen molar-refractivity contribution in [3.63, 3.8) is 0 Å². The van der Waals surface area contributed by atoms with E-state index in [-0.39, 0.29) is 5.75 Å². The Labute approximate surface area is 105 Å². The molecule has 0 atom stereocenters. The molecule has 4 nitrogen and oxygen atoms in total. The molecule has 0 saturated heterocycles. The maximum atomic E-state index is 10.6. The van der Waals surface area contributed by atoms with Crippen molar-refractivity contribution in [1.82, 2.24) is 9.78 Å². The molecule has 1 aromatic rings. The maximum absolute atomic E-state index is 10.6. The summed E-state index contributed by atoms with van der Waals surface area (Å²) in [5.41, 5.74) is 1.15.